The number of rotatable bonds is 5. The zero-order chi connectivity index (χ0) is 23.5. The molecule has 1 aliphatic heterocycles. The minimum absolute atomic E-state index is 0.0181. The van der Waals surface area contributed by atoms with E-state index in [1.807, 2.05) is 13.0 Å². The second-order valence-corrected chi connectivity index (χ2v) is 11.2. The van der Waals surface area contributed by atoms with Crippen LogP contribution in [0.15, 0.2) is 18.2 Å². The summed E-state index contributed by atoms with van der Waals surface area (Å²) in [5, 5.41) is 3.15. The Hall–Kier alpha value is -2.13. The predicted molar refractivity (Wildman–Crippen MR) is 124 cm³/mol. The highest BCUT2D eigenvalue weighted by molar-refractivity contribution is 7.88. The molecule has 1 aromatic carbocycles. The molecular weight excluding hydrogens is 430 g/mol. The number of sulfonamides is 1. The topological polar surface area (TPSA) is 96.0 Å². The molecule has 0 unspecified atom stereocenters. The van der Waals surface area contributed by atoms with Gasteiger partial charge in [0.1, 0.15) is 11.3 Å². The maximum absolute atomic E-state index is 13.7. The lowest BCUT2D eigenvalue weighted by atomic mass is 9.91. The van der Waals surface area contributed by atoms with Gasteiger partial charge in [-0.3, -0.25) is 14.5 Å². The standard InChI is InChI=1S/C23H35N3O5S/c1-17-12-13-20(31-3)19(14-17)26-21(27)15-25(32(4,29)30)16-23(26,2)22(28)24-18-10-8-6-5-7-9-11-18/h12-14,18H,5-11,15-16H2,1-4H3,(H,24,28)/t23-/m1/s1. The highest BCUT2D eigenvalue weighted by Crippen LogP contribution is 2.37. The maximum atomic E-state index is 13.7. The smallest absolute Gasteiger partial charge is 0.247 e. The van der Waals surface area contributed by atoms with Crippen molar-refractivity contribution in [2.24, 2.45) is 0 Å². The Labute approximate surface area is 191 Å². The lowest BCUT2D eigenvalue weighted by Crippen LogP contribution is -2.70. The molecular formula is C23H35N3O5S. The number of ether oxygens (including phenoxy) is 1. The number of nitrogens with one attached hydrogen (secondary N) is 1. The van der Waals surface area contributed by atoms with E-state index in [4.69, 9.17) is 4.74 Å². The maximum Gasteiger partial charge on any atom is 0.247 e. The van der Waals surface area contributed by atoms with E-state index in [1.54, 1.807) is 19.1 Å². The van der Waals surface area contributed by atoms with Crippen molar-refractivity contribution in [3.63, 3.8) is 0 Å². The molecule has 178 valence electrons. The molecule has 1 N–H and O–H groups in total. The average molecular weight is 466 g/mol. The van der Waals surface area contributed by atoms with Gasteiger partial charge in [-0.05, 0) is 44.4 Å². The van der Waals surface area contributed by atoms with Crippen molar-refractivity contribution in [3.8, 4) is 5.75 Å². The van der Waals surface area contributed by atoms with Crippen molar-refractivity contribution >= 4 is 27.5 Å². The summed E-state index contributed by atoms with van der Waals surface area (Å²) in [6, 6.07) is 5.44. The number of carbonyl (C=O) groups excluding carboxylic acids is 2. The molecule has 0 radical (unpaired) electrons. The molecule has 9 heteroatoms. The summed E-state index contributed by atoms with van der Waals surface area (Å²) < 4.78 is 31.3. The molecule has 0 aromatic heterocycles. The van der Waals surface area contributed by atoms with Gasteiger partial charge in [0, 0.05) is 12.6 Å². The van der Waals surface area contributed by atoms with Crippen LogP contribution in [-0.4, -0.2) is 62.6 Å². The number of hydrogen-bond donors (Lipinski definition) is 1. The highest BCUT2D eigenvalue weighted by Gasteiger charge is 2.51. The molecule has 1 saturated heterocycles. The Balaban J connectivity index is 2.01. The molecule has 3 rings (SSSR count). The molecule has 0 bridgehead atoms. The van der Waals surface area contributed by atoms with Crippen LogP contribution < -0.4 is 15.0 Å². The monoisotopic (exact) mass is 465 g/mol. The Morgan fingerprint density at radius 1 is 1.16 bits per heavy atom. The van der Waals surface area contributed by atoms with E-state index in [9.17, 15) is 18.0 Å². The number of amides is 2. The van der Waals surface area contributed by atoms with Gasteiger partial charge in [0.15, 0.2) is 0 Å². The Morgan fingerprint density at radius 2 is 1.78 bits per heavy atom. The SMILES string of the molecule is COc1ccc(C)cc1N1C(=O)CN(S(C)(=O)=O)C[C@]1(C)C(=O)NC1CCCCCCC1. The van der Waals surface area contributed by atoms with Crippen molar-refractivity contribution in [1.29, 1.82) is 0 Å². The second-order valence-electron chi connectivity index (χ2n) is 9.22. The summed E-state index contributed by atoms with van der Waals surface area (Å²) >= 11 is 0. The predicted octanol–water partition coefficient (Wildman–Crippen LogP) is 2.60. The Morgan fingerprint density at radius 3 is 2.38 bits per heavy atom. The number of benzene rings is 1. The summed E-state index contributed by atoms with van der Waals surface area (Å²) in [6.07, 6.45) is 8.45. The van der Waals surface area contributed by atoms with Crippen molar-refractivity contribution in [2.45, 2.75) is 70.4 Å². The van der Waals surface area contributed by atoms with Crippen LogP contribution in [0.25, 0.3) is 0 Å². The number of hydrogen-bond acceptors (Lipinski definition) is 5. The van der Waals surface area contributed by atoms with Gasteiger partial charge in [0.2, 0.25) is 21.8 Å². The molecule has 1 saturated carbocycles. The fourth-order valence-electron chi connectivity index (χ4n) is 4.69. The van der Waals surface area contributed by atoms with Crippen molar-refractivity contribution in [3.05, 3.63) is 23.8 Å². The number of carbonyl (C=O) groups is 2. The molecule has 1 aromatic rings. The van der Waals surface area contributed by atoms with Crippen molar-refractivity contribution in [1.82, 2.24) is 9.62 Å². The van der Waals surface area contributed by atoms with E-state index in [0.717, 1.165) is 54.6 Å². The van der Waals surface area contributed by atoms with Crippen LogP contribution in [-0.2, 0) is 19.6 Å². The first-order valence-corrected chi connectivity index (χ1v) is 13.1. The van der Waals surface area contributed by atoms with E-state index in [1.165, 1.54) is 18.4 Å². The zero-order valence-electron chi connectivity index (χ0n) is 19.5. The van der Waals surface area contributed by atoms with Crippen LogP contribution in [0.5, 0.6) is 5.75 Å². The van der Waals surface area contributed by atoms with Crippen LogP contribution in [0.3, 0.4) is 0 Å². The molecule has 1 atom stereocenters. The van der Waals surface area contributed by atoms with E-state index in [2.05, 4.69) is 5.32 Å². The van der Waals surface area contributed by atoms with Gasteiger partial charge in [0.05, 0.1) is 25.6 Å². The van der Waals surface area contributed by atoms with Gasteiger partial charge in [-0.25, -0.2) is 8.42 Å². The zero-order valence-corrected chi connectivity index (χ0v) is 20.3. The fraction of sp³-hybridized carbons (Fsp3) is 0.652. The molecule has 8 nitrogen and oxygen atoms in total. The van der Waals surface area contributed by atoms with E-state index < -0.39 is 21.5 Å². The van der Waals surface area contributed by atoms with Gasteiger partial charge in [-0.15, -0.1) is 0 Å². The quantitative estimate of drug-likeness (QED) is 0.721. The second kappa shape index (κ2) is 9.79. The number of piperazine rings is 1. The third-order valence-electron chi connectivity index (χ3n) is 6.51. The van der Waals surface area contributed by atoms with Crippen LogP contribution in [0.1, 0.15) is 57.4 Å². The van der Waals surface area contributed by atoms with Gasteiger partial charge in [0.25, 0.3) is 0 Å². The molecule has 2 fully saturated rings. The van der Waals surface area contributed by atoms with Gasteiger partial charge >= 0.3 is 0 Å². The summed E-state index contributed by atoms with van der Waals surface area (Å²) in [4.78, 5) is 28.5. The van der Waals surface area contributed by atoms with Crippen molar-refractivity contribution < 1.29 is 22.7 Å². The van der Waals surface area contributed by atoms with Crippen LogP contribution >= 0.6 is 0 Å². The first-order valence-electron chi connectivity index (χ1n) is 11.3. The molecule has 32 heavy (non-hydrogen) atoms. The Bertz CT molecular complexity index is 956. The van der Waals surface area contributed by atoms with Crippen LogP contribution in [0.4, 0.5) is 5.69 Å². The van der Waals surface area contributed by atoms with E-state index in [-0.39, 0.29) is 25.0 Å². The van der Waals surface area contributed by atoms with E-state index >= 15 is 0 Å². The lowest BCUT2D eigenvalue weighted by molar-refractivity contribution is -0.133. The van der Waals surface area contributed by atoms with Crippen LogP contribution in [0, 0.1) is 6.92 Å². The summed E-state index contributed by atoms with van der Waals surface area (Å²) in [5.41, 5.74) is -0.0372. The Kier molecular flexibility index (Phi) is 7.50. The largest absolute Gasteiger partial charge is 0.495 e. The van der Waals surface area contributed by atoms with E-state index in [0.29, 0.717) is 11.4 Å². The average Bonchev–Trinajstić information content (AvgIpc) is 2.68. The third-order valence-corrected chi connectivity index (χ3v) is 7.71. The molecule has 2 amide bonds. The lowest BCUT2D eigenvalue weighted by Gasteiger charge is -2.47. The normalized spacial score (nSPS) is 24.0. The molecule has 2 aliphatic rings. The molecule has 0 spiro atoms. The number of anilines is 1. The fourth-order valence-corrected chi connectivity index (χ4v) is 5.52. The summed E-state index contributed by atoms with van der Waals surface area (Å²) in [7, 11) is -2.15. The highest BCUT2D eigenvalue weighted by atomic mass is 32.2. The minimum Gasteiger partial charge on any atom is -0.495 e. The first-order chi connectivity index (χ1) is 15.1. The first kappa shape index (κ1) is 24.5. The summed E-state index contributed by atoms with van der Waals surface area (Å²) in [6.45, 7) is 3.10. The van der Waals surface area contributed by atoms with Crippen molar-refractivity contribution in [2.75, 3.05) is 31.4 Å². The van der Waals surface area contributed by atoms with Gasteiger partial charge in [-0.1, -0.05) is 38.2 Å². The number of nitrogens with zero attached hydrogens (tertiary/aromatic N) is 2. The summed E-state index contributed by atoms with van der Waals surface area (Å²) in [5.74, 6) is -0.337. The number of methoxy groups -OCH3 is 1. The third kappa shape index (κ3) is 5.26. The van der Waals surface area contributed by atoms with Crippen LogP contribution in [0.2, 0.25) is 0 Å². The number of aryl methyl sites for hydroxylation is 1. The molecule has 1 heterocycles. The van der Waals surface area contributed by atoms with Gasteiger partial charge < -0.3 is 10.1 Å². The minimum atomic E-state index is -3.66. The molecule has 1 aliphatic carbocycles. The van der Waals surface area contributed by atoms with Gasteiger partial charge in [-0.2, -0.15) is 4.31 Å².